The average Bonchev–Trinajstić information content (AvgIpc) is 2.52. The predicted octanol–water partition coefficient (Wildman–Crippen LogP) is -0.542. The lowest BCUT2D eigenvalue weighted by Gasteiger charge is -2.07. The van der Waals surface area contributed by atoms with Gasteiger partial charge in [-0.05, 0) is 0 Å². The molecule has 0 radical (unpaired) electrons. The number of halogens is 1. The summed E-state index contributed by atoms with van der Waals surface area (Å²) >= 11 is 0. The lowest BCUT2D eigenvalue weighted by atomic mass is 10.3. The minimum absolute atomic E-state index is 0.185. The van der Waals surface area contributed by atoms with Crippen molar-refractivity contribution in [3.05, 3.63) is 18.3 Å². The molecule has 1 aromatic heterocycles. The number of nitrogens with one attached hydrogen (secondary N) is 2. The standard InChI is InChI=1S/C7H7FN4O2/c8-5-1-6(10-3-9-5)11-4-2-14-12-7(4)13/h1,3-4H,2H2,(H,12,13)(H,9,10,11). The number of carbonyl (C=O) groups excluding carboxylic acids is 1. The van der Waals surface area contributed by atoms with E-state index in [-0.39, 0.29) is 18.3 Å². The monoisotopic (exact) mass is 198 g/mol. The first-order valence-electron chi connectivity index (χ1n) is 3.91. The van der Waals surface area contributed by atoms with Crippen LogP contribution in [-0.2, 0) is 9.63 Å². The molecule has 2 N–H and O–H groups in total. The fraction of sp³-hybridized carbons (Fsp3) is 0.286. The SMILES string of the molecule is O=C1NOCC1Nc1cc(F)ncn1. The van der Waals surface area contributed by atoms with Gasteiger partial charge < -0.3 is 5.32 Å². The Morgan fingerprint density at radius 2 is 2.50 bits per heavy atom. The summed E-state index contributed by atoms with van der Waals surface area (Å²) < 4.78 is 12.6. The van der Waals surface area contributed by atoms with Gasteiger partial charge in [-0.15, -0.1) is 0 Å². The summed E-state index contributed by atoms with van der Waals surface area (Å²) in [5.74, 6) is -0.700. The highest BCUT2D eigenvalue weighted by molar-refractivity contribution is 5.84. The number of aromatic nitrogens is 2. The summed E-state index contributed by atoms with van der Waals surface area (Å²) in [5.41, 5.74) is 2.17. The van der Waals surface area contributed by atoms with Crippen LogP contribution in [0.4, 0.5) is 10.2 Å². The van der Waals surface area contributed by atoms with Crippen LogP contribution in [0.1, 0.15) is 0 Å². The van der Waals surface area contributed by atoms with E-state index in [9.17, 15) is 9.18 Å². The minimum atomic E-state index is -0.651. The van der Waals surface area contributed by atoms with Crippen molar-refractivity contribution in [1.29, 1.82) is 0 Å². The molecule has 0 spiro atoms. The summed E-state index contributed by atoms with van der Waals surface area (Å²) in [7, 11) is 0. The third-order valence-corrected chi connectivity index (χ3v) is 1.70. The summed E-state index contributed by atoms with van der Waals surface area (Å²) in [6, 6.07) is 0.565. The molecule has 0 aliphatic carbocycles. The first-order valence-corrected chi connectivity index (χ1v) is 3.91. The highest BCUT2D eigenvalue weighted by Gasteiger charge is 2.25. The topological polar surface area (TPSA) is 76.1 Å². The van der Waals surface area contributed by atoms with Crippen LogP contribution in [0.25, 0.3) is 0 Å². The van der Waals surface area contributed by atoms with Gasteiger partial charge in [0.2, 0.25) is 5.95 Å². The van der Waals surface area contributed by atoms with Crippen molar-refractivity contribution in [2.75, 3.05) is 11.9 Å². The smallest absolute Gasteiger partial charge is 0.268 e. The third-order valence-electron chi connectivity index (χ3n) is 1.70. The number of amides is 1. The molecule has 7 heteroatoms. The van der Waals surface area contributed by atoms with E-state index >= 15 is 0 Å². The maximum absolute atomic E-state index is 12.6. The van der Waals surface area contributed by atoms with Gasteiger partial charge >= 0.3 is 0 Å². The van der Waals surface area contributed by atoms with Crippen molar-refractivity contribution in [2.45, 2.75) is 6.04 Å². The molecule has 1 aliphatic rings. The number of hydroxylamine groups is 1. The number of nitrogens with zero attached hydrogens (tertiary/aromatic N) is 2. The normalized spacial score (nSPS) is 20.6. The number of rotatable bonds is 2. The predicted molar refractivity (Wildman–Crippen MR) is 43.5 cm³/mol. The Morgan fingerprint density at radius 1 is 1.64 bits per heavy atom. The van der Waals surface area contributed by atoms with Crippen LogP contribution in [0, 0.1) is 5.95 Å². The van der Waals surface area contributed by atoms with Crippen LogP contribution in [0.3, 0.4) is 0 Å². The Bertz CT molecular complexity index is 359. The van der Waals surface area contributed by atoms with Gasteiger partial charge in [-0.3, -0.25) is 9.63 Å². The van der Waals surface area contributed by atoms with E-state index in [0.717, 1.165) is 12.4 Å². The fourth-order valence-electron chi connectivity index (χ4n) is 1.04. The maximum atomic E-state index is 12.6. The Hall–Kier alpha value is -1.76. The number of anilines is 1. The first-order chi connectivity index (χ1) is 6.75. The van der Waals surface area contributed by atoms with E-state index in [1.54, 1.807) is 0 Å². The maximum Gasteiger partial charge on any atom is 0.268 e. The quantitative estimate of drug-likeness (QED) is 0.624. The molecule has 1 aromatic rings. The van der Waals surface area contributed by atoms with Crippen molar-refractivity contribution in [3.8, 4) is 0 Å². The Balaban J connectivity index is 2.07. The second-order valence-corrected chi connectivity index (χ2v) is 2.70. The number of hydrogen-bond acceptors (Lipinski definition) is 5. The second kappa shape index (κ2) is 3.54. The molecule has 1 unspecified atom stereocenters. The van der Waals surface area contributed by atoms with Crippen LogP contribution in [0.5, 0.6) is 0 Å². The van der Waals surface area contributed by atoms with Crippen molar-refractivity contribution in [2.24, 2.45) is 0 Å². The van der Waals surface area contributed by atoms with E-state index in [2.05, 4.69) is 25.6 Å². The van der Waals surface area contributed by atoms with Crippen LogP contribution in [0.15, 0.2) is 12.4 Å². The van der Waals surface area contributed by atoms with E-state index in [4.69, 9.17) is 0 Å². The molecule has 0 saturated carbocycles. The molecule has 1 amide bonds. The van der Waals surface area contributed by atoms with E-state index in [1.807, 2.05) is 0 Å². The van der Waals surface area contributed by atoms with Crippen LogP contribution < -0.4 is 10.8 Å². The largest absolute Gasteiger partial charge is 0.356 e. The molecule has 2 heterocycles. The zero-order valence-corrected chi connectivity index (χ0v) is 7.03. The van der Waals surface area contributed by atoms with Gasteiger partial charge in [0, 0.05) is 6.07 Å². The Kier molecular flexibility index (Phi) is 2.23. The van der Waals surface area contributed by atoms with Gasteiger partial charge in [-0.2, -0.15) is 4.39 Å². The molecular formula is C7H7FN4O2. The molecule has 0 aromatic carbocycles. The molecule has 14 heavy (non-hydrogen) atoms. The van der Waals surface area contributed by atoms with Crippen LogP contribution in [-0.4, -0.2) is 28.5 Å². The van der Waals surface area contributed by atoms with Crippen molar-refractivity contribution < 1.29 is 14.0 Å². The summed E-state index contributed by atoms with van der Waals surface area (Å²) in [4.78, 5) is 22.7. The zero-order chi connectivity index (χ0) is 9.97. The van der Waals surface area contributed by atoms with E-state index in [0.29, 0.717) is 0 Å². The lowest BCUT2D eigenvalue weighted by molar-refractivity contribution is -0.124. The lowest BCUT2D eigenvalue weighted by Crippen LogP contribution is -2.31. The van der Waals surface area contributed by atoms with Crippen molar-refractivity contribution >= 4 is 11.7 Å². The third kappa shape index (κ3) is 1.77. The molecule has 2 rings (SSSR count). The average molecular weight is 198 g/mol. The molecule has 0 bridgehead atoms. The van der Waals surface area contributed by atoms with Gasteiger partial charge in [0.25, 0.3) is 5.91 Å². The molecule has 1 aliphatic heterocycles. The summed E-state index contributed by atoms with van der Waals surface area (Å²) in [6.45, 7) is 0.185. The van der Waals surface area contributed by atoms with E-state index < -0.39 is 12.0 Å². The summed E-state index contributed by atoms with van der Waals surface area (Å²) in [5, 5.41) is 2.70. The van der Waals surface area contributed by atoms with Gasteiger partial charge in [0.15, 0.2) is 0 Å². The molecular weight excluding hydrogens is 191 g/mol. The van der Waals surface area contributed by atoms with Crippen LogP contribution in [0.2, 0.25) is 0 Å². The first kappa shape index (κ1) is 8.82. The second-order valence-electron chi connectivity index (χ2n) is 2.70. The highest BCUT2D eigenvalue weighted by atomic mass is 19.1. The molecule has 1 saturated heterocycles. The molecule has 6 nitrogen and oxygen atoms in total. The van der Waals surface area contributed by atoms with E-state index in [1.165, 1.54) is 0 Å². The van der Waals surface area contributed by atoms with Gasteiger partial charge in [-0.1, -0.05) is 0 Å². The van der Waals surface area contributed by atoms with Crippen molar-refractivity contribution in [3.63, 3.8) is 0 Å². The van der Waals surface area contributed by atoms with Gasteiger partial charge in [-0.25, -0.2) is 15.4 Å². The van der Waals surface area contributed by atoms with Gasteiger partial charge in [0.05, 0.1) is 0 Å². The highest BCUT2D eigenvalue weighted by Crippen LogP contribution is 2.06. The Morgan fingerprint density at radius 3 is 3.14 bits per heavy atom. The Labute approximate surface area is 78.5 Å². The molecule has 74 valence electrons. The number of carbonyl (C=O) groups is 1. The zero-order valence-electron chi connectivity index (χ0n) is 7.03. The molecule has 1 fully saturated rings. The molecule has 1 atom stereocenters. The van der Waals surface area contributed by atoms with Crippen LogP contribution >= 0.6 is 0 Å². The fourth-order valence-corrected chi connectivity index (χ4v) is 1.04. The minimum Gasteiger partial charge on any atom is -0.356 e. The van der Waals surface area contributed by atoms with Gasteiger partial charge in [0.1, 0.15) is 24.8 Å². The van der Waals surface area contributed by atoms with Crippen molar-refractivity contribution in [1.82, 2.24) is 15.4 Å². The summed E-state index contributed by atoms with van der Waals surface area (Å²) in [6.07, 6.45) is 1.07. The number of hydrogen-bond donors (Lipinski definition) is 2.